The number of hydrogen-bond donors (Lipinski definition) is 2. The molecule has 0 saturated heterocycles. The molecule has 0 bridgehead atoms. The van der Waals surface area contributed by atoms with Crippen LogP contribution in [-0.4, -0.2) is 34.6 Å². The predicted molar refractivity (Wildman–Crippen MR) is 125 cm³/mol. The van der Waals surface area contributed by atoms with E-state index in [1.807, 2.05) is 60.7 Å². The van der Waals surface area contributed by atoms with E-state index in [-0.39, 0.29) is 34.7 Å². The summed E-state index contributed by atoms with van der Waals surface area (Å²) in [6.07, 6.45) is 0.574. The molecular formula is C24H25ClN2O4S. The van der Waals surface area contributed by atoms with Crippen molar-refractivity contribution in [1.29, 1.82) is 0 Å². The normalized spacial score (nSPS) is 12.3. The van der Waals surface area contributed by atoms with E-state index in [9.17, 15) is 13.2 Å². The van der Waals surface area contributed by atoms with E-state index in [0.29, 0.717) is 6.42 Å². The quantitative estimate of drug-likeness (QED) is 0.437. The highest BCUT2D eigenvalue weighted by Crippen LogP contribution is 2.23. The smallest absolute Gasteiger partial charge is 0.253 e. The van der Waals surface area contributed by atoms with Crippen molar-refractivity contribution in [2.75, 3.05) is 20.3 Å². The van der Waals surface area contributed by atoms with Crippen LogP contribution in [0.15, 0.2) is 83.8 Å². The van der Waals surface area contributed by atoms with Gasteiger partial charge in [-0.15, -0.1) is 0 Å². The van der Waals surface area contributed by atoms with Crippen LogP contribution in [0.1, 0.15) is 27.5 Å². The van der Waals surface area contributed by atoms with Gasteiger partial charge in [-0.1, -0.05) is 72.3 Å². The van der Waals surface area contributed by atoms with E-state index in [2.05, 4.69) is 10.0 Å². The summed E-state index contributed by atoms with van der Waals surface area (Å²) in [7, 11) is -2.32. The van der Waals surface area contributed by atoms with Gasteiger partial charge in [0.2, 0.25) is 10.0 Å². The Morgan fingerprint density at radius 2 is 1.66 bits per heavy atom. The number of amides is 1. The highest BCUT2D eigenvalue weighted by atomic mass is 35.5. The zero-order valence-electron chi connectivity index (χ0n) is 17.6. The number of carbonyl (C=O) groups is 1. The van der Waals surface area contributed by atoms with Gasteiger partial charge in [0.05, 0.1) is 28.1 Å². The molecule has 1 unspecified atom stereocenters. The van der Waals surface area contributed by atoms with Crippen molar-refractivity contribution in [3.63, 3.8) is 0 Å². The molecule has 6 nitrogen and oxygen atoms in total. The number of methoxy groups -OCH3 is 1. The summed E-state index contributed by atoms with van der Waals surface area (Å²) in [5, 5.41) is 3.18. The standard InChI is InChI=1S/C24H25ClN2O4S/c1-31-15-14-26-32(29,30)20-12-13-22(25)21(17-20)24(28)27-23(19-10-6-3-7-11-19)16-18-8-4-2-5-9-18/h2-13,17,23,26H,14-16H2,1H3,(H,27,28). The molecule has 2 N–H and O–H groups in total. The molecule has 3 aromatic carbocycles. The van der Waals surface area contributed by atoms with E-state index in [0.717, 1.165) is 11.1 Å². The van der Waals surface area contributed by atoms with Crippen molar-refractivity contribution in [1.82, 2.24) is 10.0 Å². The highest BCUT2D eigenvalue weighted by Gasteiger charge is 2.21. The highest BCUT2D eigenvalue weighted by molar-refractivity contribution is 7.89. The Balaban J connectivity index is 1.86. The Kier molecular flexibility index (Phi) is 8.41. The molecule has 1 atom stereocenters. The largest absolute Gasteiger partial charge is 0.383 e. The van der Waals surface area contributed by atoms with Crippen molar-refractivity contribution in [2.45, 2.75) is 17.4 Å². The number of carbonyl (C=O) groups excluding carboxylic acids is 1. The van der Waals surface area contributed by atoms with E-state index in [1.165, 1.54) is 25.3 Å². The molecule has 3 rings (SSSR count). The summed E-state index contributed by atoms with van der Waals surface area (Å²) in [5.74, 6) is -0.450. The Morgan fingerprint density at radius 1 is 1.00 bits per heavy atom. The number of hydrogen-bond acceptors (Lipinski definition) is 4. The number of benzene rings is 3. The second-order valence-corrected chi connectivity index (χ2v) is 9.33. The maximum atomic E-state index is 13.1. The van der Waals surface area contributed by atoms with Gasteiger partial charge in [-0.3, -0.25) is 4.79 Å². The molecule has 0 spiro atoms. The fourth-order valence-electron chi connectivity index (χ4n) is 3.23. The number of halogens is 1. The third kappa shape index (κ3) is 6.40. The van der Waals surface area contributed by atoms with E-state index in [1.54, 1.807) is 0 Å². The molecule has 0 aliphatic heterocycles. The van der Waals surface area contributed by atoms with Crippen LogP contribution in [0.3, 0.4) is 0 Å². The zero-order chi connectivity index (χ0) is 23.0. The van der Waals surface area contributed by atoms with Gasteiger partial charge in [-0.2, -0.15) is 0 Å². The van der Waals surface area contributed by atoms with Gasteiger partial charge in [0.25, 0.3) is 5.91 Å². The van der Waals surface area contributed by atoms with Gasteiger partial charge in [0, 0.05) is 13.7 Å². The van der Waals surface area contributed by atoms with E-state index in [4.69, 9.17) is 16.3 Å². The molecule has 0 heterocycles. The molecule has 0 aromatic heterocycles. The van der Waals surface area contributed by atoms with Gasteiger partial charge in [-0.25, -0.2) is 13.1 Å². The van der Waals surface area contributed by atoms with Crippen LogP contribution in [0.2, 0.25) is 5.02 Å². The molecule has 0 aliphatic carbocycles. The van der Waals surface area contributed by atoms with Crippen molar-refractivity contribution in [2.24, 2.45) is 0 Å². The lowest BCUT2D eigenvalue weighted by molar-refractivity contribution is 0.0936. The van der Waals surface area contributed by atoms with E-state index >= 15 is 0 Å². The molecule has 0 fully saturated rings. The lowest BCUT2D eigenvalue weighted by Crippen LogP contribution is -2.31. The van der Waals surface area contributed by atoms with E-state index < -0.39 is 15.9 Å². The van der Waals surface area contributed by atoms with Crippen LogP contribution in [0.25, 0.3) is 0 Å². The van der Waals surface area contributed by atoms with Gasteiger partial charge in [0.15, 0.2) is 0 Å². The molecule has 8 heteroatoms. The maximum Gasteiger partial charge on any atom is 0.253 e. The summed E-state index contributed by atoms with van der Waals surface area (Å²) >= 11 is 6.26. The van der Waals surface area contributed by atoms with Crippen LogP contribution in [0.5, 0.6) is 0 Å². The molecule has 3 aromatic rings. The summed E-state index contributed by atoms with van der Waals surface area (Å²) in [6, 6.07) is 23.2. The second-order valence-electron chi connectivity index (χ2n) is 7.16. The summed E-state index contributed by atoms with van der Waals surface area (Å²) < 4.78 is 32.4. The lowest BCUT2D eigenvalue weighted by Gasteiger charge is -2.20. The number of rotatable bonds is 10. The summed E-state index contributed by atoms with van der Waals surface area (Å²) in [6.45, 7) is 0.356. The third-order valence-electron chi connectivity index (χ3n) is 4.88. The maximum absolute atomic E-state index is 13.1. The van der Waals surface area contributed by atoms with Crippen molar-refractivity contribution >= 4 is 27.5 Å². The Bertz CT molecular complexity index is 1140. The molecular weight excluding hydrogens is 448 g/mol. The minimum atomic E-state index is -3.80. The van der Waals surface area contributed by atoms with Crippen molar-refractivity contribution in [3.8, 4) is 0 Å². The molecule has 1 amide bonds. The fraction of sp³-hybridized carbons (Fsp3) is 0.208. The number of ether oxygens (including phenoxy) is 1. The third-order valence-corrected chi connectivity index (χ3v) is 6.67. The molecule has 168 valence electrons. The molecule has 0 saturated carbocycles. The first-order valence-electron chi connectivity index (χ1n) is 10.1. The minimum absolute atomic E-state index is 0.0394. The topological polar surface area (TPSA) is 84.5 Å². The monoisotopic (exact) mass is 472 g/mol. The average molecular weight is 473 g/mol. The Hall–Kier alpha value is -2.71. The van der Waals surface area contributed by atoms with Crippen molar-refractivity contribution < 1.29 is 17.9 Å². The SMILES string of the molecule is COCCNS(=O)(=O)c1ccc(Cl)c(C(=O)NC(Cc2ccccc2)c2ccccc2)c1. The molecule has 32 heavy (non-hydrogen) atoms. The summed E-state index contributed by atoms with van der Waals surface area (Å²) in [4.78, 5) is 13.1. The average Bonchev–Trinajstić information content (AvgIpc) is 2.80. The molecule has 0 aliphatic rings. The first-order chi connectivity index (χ1) is 15.4. The number of nitrogens with one attached hydrogen (secondary N) is 2. The zero-order valence-corrected chi connectivity index (χ0v) is 19.2. The van der Waals surface area contributed by atoms with Gasteiger partial charge in [0.1, 0.15) is 0 Å². The fourth-order valence-corrected chi connectivity index (χ4v) is 4.47. The minimum Gasteiger partial charge on any atom is -0.383 e. The lowest BCUT2D eigenvalue weighted by atomic mass is 9.98. The van der Waals surface area contributed by atoms with Crippen molar-refractivity contribution in [3.05, 3.63) is 101 Å². The predicted octanol–water partition coefficient (Wildman–Crippen LogP) is 3.98. The van der Waals surface area contributed by atoms with Crippen LogP contribution >= 0.6 is 11.6 Å². The van der Waals surface area contributed by atoms with Crippen LogP contribution in [0, 0.1) is 0 Å². The van der Waals surface area contributed by atoms with Gasteiger partial charge < -0.3 is 10.1 Å². The van der Waals surface area contributed by atoms with Crippen LogP contribution < -0.4 is 10.0 Å². The first kappa shape index (κ1) is 23.9. The summed E-state index contributed by atoms with van der Waals surface area (Å²) in [5.41, 5.74) is 2.09. The van der Waals surface area contributed by atoms with Crippen LogP contribution in [-0.2, 0) is 21.2 Å². The molecule has 0 radical (unpaired) electrons. The Morgan fingerprint density at radius 3 is 2.31 bits per heavy atom. The Labute approximate surface area is 193 Å². The number of sulfonamides is 1. The van der Waals surface area contributed by atoms with Gasteiger partial charge >= 0.3 is 0 Å². The second kappa shape index (κ2) is 11.2. The van der Waals surface area contributed by atoms with Gasteiger partial charge in [-0.05, 0) is 35.7 Å². The van der Waals surface area contributed by atoms with Crippen LogP contribution in [0.4, 0.5) is 0 Å². The first-order valence-corrected chi connectivity index (χ1v) is 11.9.